The summed E-state index contributed by atoms with van der Waals surface area (Å²) in [5.74, 6) is -0.832. The van der Waals surface area contributed by atoms with E-state index >= 15 is 0 Å². The SMILES string of the molecule is COC(=O)C(O)C(O)c1ccc2c(c1)CCNC2. The van der Waals surface area contributed by atoms with E-state index in [1.807, 2.05) is 12.1 Å². The molecule has 98 valence electrons. The molecule has 2 rings (SSSR count). The lowest BCUT2D eigenvalue weighted by atomic mass is 9.95. The first kappa shape index (κ1) is 13.0. The molecule has 2 atom stereocenters. The third-order valence-corrected chi connectivity index (χ3v) is 3.20. The van der Waals surface area contributed by atoms with Crippen molar-refractivity contribution in [3.63, 3.8) is 0 Å². The van der Waals surface area contributed by atoms with Gasteiger partial charge in [-0.2, -0.15) is 0 Å². The number of benzene rings is 1. The Hall–Kier alpha value is -1.43. The van der Waals surface area contributed by atoms with E-state index in [9.17, 15) is 15.0 Å². The summed E-state index contributed by atoms with van der Waals surface area (Å²) >= 11 is 0. The monoisotopic (exact) mass is 251 g/mol. The molecule has 0 aromatic heterocycles. The molecule has 0 bridgehead atoms. The Labute approximate surface area is 105 Å². The van der Waals surface area contributed by atoms with Crippen molar-refractivity contribution in [2.45, 2.75) is 25.2 Å². The van der Waals surface area contributed by atoms with Crippen molar-refractivity contribution in [1.29, 1.82) is 0 Å². The molecule has 0 spiro atoms. The minimum absolute atomic E-state index is 0.536. The first-order valence-electron chi connectivity index (χ1n) is 5.90. The van der Waals surface area contributed by atoms with E-state index < -0.39 is 18.2 Å². The van der Waals surface area contributed by atoms with Gasteiger partial charge in [-0.25, -0.2) is 4.79 Å². The smallest absolute Gasteiger partial charge is 0.337 e. The summed E-state index contributed by atoms with van der Waals surface area (Å²) in [7, 11) is 1.18. The standard InChI is InChI=1S/C13H17NO4/c1-18-13(17)12(16)11(15)9-2-3-10-7-14-5-4-8(10)6-9/h2-3,6,11-12,14-16H,4-5,7H2,1H3. The van der Waals surface area contributed by atoms with Crippen LogP contribution >= 0.6 is 0 Å². The second kappa shape index (κ2) is 5.48. The summed E-state index contributed by atoms with van der Waals surface area (Å²) < 4.78 is 4.41. The molecule has 0 amide bonds. The zero-order valence-corrected chi connectivity index (χ0v) is 10.2. The minimum atomic E-state index is -1.55. The number of hydrogen-bond donors (Lipinski definition) is 3. The third kappa shape index (κ3) is 2.53. The number of aliphatic hydroxyl groups excluding tert-OH is 2. The van der Waals surface area contributed by atoms with Crippen LogP contribution < -0.4 is 5.32 Å². The molecular weight excluding hydrogens is 234 g/mol. The Kier molecular flexibility index (Phi) is 3.96. The average molecular weight is 251 g/mol. The van der Waals surface area contributed by atoms with E-state index in [0.717, 1.165) is 25.1 Å². The van der Waals surface area contributed by atoms with Crippen molar-refractivity contribution >= 4 is 5.97 Å². The number of ether oxygens (including phenoxy) is 1. The average Bonchev–Trinajstić information content (AvgIpc) is 2.44. The van der Waals surface area contributed by atoms with Crippen LogP contribution in [0.3, 0.4) is 0 Å². The Morgan fingerprint density at radius 1 is 1.39 bits per heavy atom. The molecule has 0 saturated carbocycles. The molecule has 18 heavy (non-hydrogen) atoms. The molecular formula is C13H17NO4. The van der Waals surface area contributed by atoms with Gasteiger partial charge in [0.05, 0.1) is 7.11 Å². The number of esters is 1. The lowest BCUT2D eigenvalue weighted by Crippen LogP contribution is -2.29. The van der Waals surface area contributed by atoms with E-state index in [0.29, 0.717) is 5.56 Å². The Bertz CT molecular complexity index is 447. The highest BCUT2D eigenvalue weighted by Crippen LogP contribution is 2.23. The summed E-state index contributed by atoms with van der Waals surface area (Å²) in [6, 6.07) is 5.47. The molecule has 3 N–H and O–H groups in total. The van der Waals surface area contributed by atoms with E-state index in [1.165, 1.54) is 12.7 Å². The van der Waals surface area contributed by atoms with Crippen LogP contribution in [0.15, 0.2) is 18.2 Å². The van der Waals surface area contributed by atoms with Gasteiger partial charge in [0, 0.05) is 6.54 Å². The van der Waals surface area contributed by atoms with Gasteiger partial charge in [0.25, 0.3) is 0 Å². The number of fused-ring (bicyclic) bond motifs is 1. The highest BCUT2D eigenvalue weighted by molar-refractivity contribution is 5.75. The molecule has 0 saturated heterocycles. The Morgan fingerprint density at radius 2 is 2.17 bits per heavy atom. The zero-order valence-electron chi connectivity index (χ0n) is 10.2. The van der Waals surface area contributed by atoms with Crippen LogP contribution in [-0.2, 0) is 22.5 Å². The fourth-order valence-electron chi connectivity index (χ4n) is 2.11. The maximum Gasteiger partial charge on any atom is 0.337 e. The molecule has 1 aromatic carbocycles. The van der Waals surface area contributed by atoms with Crippen LogP contribution in [0.1, 0.15) is 22.8 Å². The predicted molar refractivity (Wildman–Crippen MR) is 64.8 cm³/mol. The van der Waals surface area contributed by atoms with Crippen molar-refractivity contribution in [2.24, 2.45) is 0 Å². The fraction of sp³-hybridized carbons (Fsp3) is 0.462. The van der Waals surface area contributed by atoms with Crippen molar-refractivity contribution in [1.82, 2.24) is 5.32 Å². The number of hydrogen-bond acceptors (Lipinski definition) is 5. The molecule has 0 radical (unpaired) electrons. The molecule has 1 heterocycles. The van der Waals surface area contributed by atoms with E-state index in [-0.39, 0.29) is 0 Å². The lowest BCUT2D eigenvalue weighted by molar-refractivity contribution is -0.156. The van der Waals surface area contributed by atoms with Crippen LogP contribution in [-0.4, -0.2) is 35.9 Å². The van der Waals surface area contributed by atoms with Crippen molar-refractivity contribution in [3.8, 4) is 0 Å². The van der Waals surface area contributed by atoms with Crippen LogP contribution in [0.25, 0.3) is 0 Å². The molecule has 1 aromatic rings. The van der Waals surface area contributed by atoms with Crippen LogP contribution in [0.5, 0.6) is 0 Å². The summed E-state index contributed by atoms with van der Waals surface area (Å²) in [5, 5.41) is 22.8. The topological polar surface area (TPSA) is 78.8 Å². The number of carbonyl (C=O) groups excluding carboxylic acids is 1. The summed E-state index contributed by atoms with van der Waals surface area (Å²) in [6.07, 6.45) is -1.92. The summed E-state index contributed by atoms with van der Waals surface area (Å²) in [6.45, 7) is 1.71. The largest absolute Gasteiger partial charge is 0.467 e. The molecule has 1 aliphatic rings. The second-order valence-electron chi connectivity index (χ2n) is 4.37. The molecule has 5 nitrogen and oxygen atoms in total. The number of rotatable bonds is 3. The van der Waals surface area contributed by atoms with Gasteiger partial charge in [-0.15, -0.1) is 0 Å². The van der Waals surface area contributed by atoms with Gasteiger partial charge in [0.15, 0.2) is 6.10 Å². The van der Waals surface area contributed by atoms with Gasteiger partial charge < -0.3 is 20.3 Å². The Morgan fingerprint density at radius 3 is 2.89 bits per heavy atom. The number of nitrogens with one attached hydrogen (secondary N) is 1. The predicted octanol–water partition coefficient (Wildman–Crippen LogP) is -0.100. The highest BCUT2D eigenvalue weighted by atomic mass is 16.5. The molecule has 1 aliphatic heterocycles. The van der Waals surface area contributed by atoms with Crippen molar-refractivity contribution in [2.75, 3.05) is 13.7 Å². The Balaban J connectivity index is 2.20. The van der Waals surface area contributed by atoms with E-state index in [4.69, 9.17) is 0 Å². The normalized spacial score (nSPS) is 17.7. The second-order valence-corrected chi connectivity index (χ2v) is 4.37. The maximum absolute atomic E-state index is 11.2. The first-order valence-corrected chi connectivity index (χ1v) is 5.90. The third-order valence-electron chi connectivity index (χ3n) is 3.20. The van der Waals surface area contributed by atoms with Gasteiger partial charge in [-0.3, -0.25) is 0 Å². The van der Waals surface area contributed by atoms with Crippen LogP contribution in [0.4, 0.5) is 0 Å². The van der Waals surface area contributed by atoms with Crippen molar-refractivity contribution < 1.29 is 19.7 Å². The van der Waals surface area contributed by atoms with Crippen LogP contribution in [0.2, 0.25) is 0 Å². The quantitative estimate of drug-likeness (QED) is 0.654. The summed E-state index contributed by atoms with van der Waals surface area (Å²) in [4.78, 5) is 11.2. The van der Waals surface area contributed by atoms with Crippen molar-refractivity contribution in [3.05, 3.63) is 34.9 Å². The maximum atomic E-state index is 11.2. The zero-order chi connectivity index (χ0) is 13.1. The van der Waals surface area contributed by atoms with Gasteiger partial charge in [-0.05, 0) is 29.7 Å². The molecule has 0 aliphatic carbocycles. The van der Waals surface area contributed by atoms with Gasteiger partial charge in [0.2, 0.25) is 0 Å². The van der Waals surface area contributed by atoms with Crippen LogP contribution in [0, 0.1) is 0 Å². The molecule has 2 unspecified atom stereocenters. The molecule has 5 heteroatoms. The van der Waals surface area contributed by atoms with E-state index in [2.05, 4.69) is 10.1 Å². The minimum Gasteiger partial charge on any atom is -0.467 e. The lowest BCUT2D eigenvalue weighted by Gasteiger charge is -2.21. The highest BCUT2D eigenvalue weighted by Gasteiger charge is 2.27. The fourth-order valence-corrected chi connectivity index (χ4v) is 2.11. The van der Waals surface area contributed by atoms with Gasteiger partial charge >= 0.3 is 5.97 Å². The number of aliphatic hydroxyl groups is 2. The number of methoxy groups -OCH3 is 1. The van der Waals surface area contributed by atoms with E-state index in [1.54, 1.807) is 6.07 Å². The first-order chi connectivity index (χ1) is 8.63. The number of carbonyl (C=O) groups is 1. The van der Waals surface area contributed by atoms with Gasteiger partial charge in [0.1, 0.15) is 6.10 Å². The summed E-state index contributed by atoms with van der Waals surface area (Å²) in [5.41, 5.74) is 2.86. The van der Waals surface area contributed by atoms with Gasteiger partial charge in [-0.1, -0.05) is 18.2 Å². The molecule has 0 fully saturated rings.